The Morgan fingerprint density at radius 3 is 2.43 bits per heavy atom. The van der Waals surface area contributed by atoms with Gasteiger partial charge in [0.25, 0.3) is 0 Å². The molecule has 152 valence electrons. The fourth-order valence-corrected chi connectivity index (χ4v) is 4.64. The Kier molecular flexibility index (Phi) is 8.03. The Labute approximate surface area is 170 Å². The van der Waals surface area contributed by atoms with Crippen LogP contribution in [0.4, 0.5) is 4.39 Å². The van der Waals surface area contributed by atoms with Crippen LogP contribution in [0.1, 0.15) is 30.5 Å². The summed E-state index contributed by atoms with van der Waals surface area (Å²) in [6.45, 7) is 3.79. The number of carbonyl (C=O) groups excluding carboxylic acids is 1. The smallest absolute Gasteiger partial charge is 0.244 e. The zero-order chi connectivity index (χ0) is 20.7. The van der Waals surface area contributed by atoms with Gasteiger partial charge in [-0.3, -0.25) is 4.79 Å². The molecule has 0 heterocycles. The summed E-state index contributed by atoms with van der Waals surface area (Å²) in [6, 6.07) is 11.5. The summed E-state index contributed by atoms with van der Waals surface area (Å²) in [5, 5.41) is 2.87. The number of halogens is 1. The number of nitrogens with one attached hydrogen (secondary N) is 2. The summed E-state index contributed by atoms with van der Waals surface area (Å²) in [6.07, 6.45) is 2.16. The van der Waals surface area contributed by atoms with Crippen molar-refractivity contribution < 1.29 is 17.6 Å². The minimum atomic E-state index is -4.17. The molecule has 0 saturated heterocycles. The third-order valence-corrected chi connectivity index (χ3v) is 6.51. The van der Waals surface area contributed by atoms with E-state index in [9.17, 15) is 17.6 Å². The molecule has 0 aliphatic heterocycles. The van der Waals surface area contributed by atoms with E-state index in [1.54, 1.807) is 0 Å². The molecule has 2 atom stereocenters. The molecule has 2 N–H and O–H groups in total. The van der Waals surface area contributed by atoms with Crippen molar-refractivity contribution >= 4 is 27.7 Å². The van der Waals surface area contributed by atoms with Gasteiger partial charge in [-0.2, -0.15) is 16.5 Å². The average Bonchev–Trinajstić information content (AvgIpc) is 2.65. The van der Waals surface area contributed by atoms with E-state index in [1.807, 2.05) is 44.4 Å². The van der Waals surface area contributed by atoms with E-state index in [-0.39, 0.29) is 6.04 Å². The third kappa shape index (κ3) is 5.80. The van der Waals surface area contributed by atoms with E-state index < -0.39 is 32.7 Å². The largest absolute Gasteiger partial charge is 0.348 e. The molecule has 0 spiro atoms. The predicted molar refractivity (Wildman–Crippen MR) is 111 cm³/mol. The zero-order valence-electron chi connectivity index (χ0n) is 16.1. The van der Waals surface area contributed by atoms with Crippen molar-refractivity contribution in [1.29, 1.82) is 0 Å². The number of rotatable bonds is 9. The molecule has 8 heteroatoms. The van der Waals surface area contributed by atoms with E-state index in [1.165, 1.54) is 30.0 Å². The monoisotopic (exact) mass is 424 g/mol. The van der Waals surface area contributed by atoms with Crippen molar-refractivity contribution in [3.05, 3.63) is 65.5 Å². The van der Waals surface area contributed by atoms with Gasteiger partial charge in [-0.05, 0) is 55.5 Å². The molecule has 28 heavy (non-hydrogen) atoms. The van der Waals surface area contributed by atoms with Crippen LogP contribution in [0.3, 0.4) is 0 Å². The number of sulfonamides is 1. The maximum Gasteiger partial charge on any atom is 0.244 e. The van der Waals surface area contributed by atoms with Gasteiger partial charge in [0, 0.05) is 0 Å². The summed E-state index contributed by atoms with van der Waals surface area (Å²) < 4.78 is 41.5. The van der Waals surface area contributed by atoms with Crippen LogP contribution in [0.5, 0.6) is 0 Å². The van der Waals surface area contributed by atoms with Crippen molar-refractivity contribution in [3.8, 4) is 0 Å². The number of aryl methyl sites for hydroxylation is 1. The second-order valence-electron chi connectivity index (χ2n) is 6.47. The minimum absolute atomic E-state index is 0.288. The van der Waals surface area contributed by atoms with Crippen molar-refractivity contribution in [2.45, 2.75) is 37.2 Å². The summed E-state index contributed by atoms with van der Waals surface area (Å²) in [5.74, 6) is -0.714. The lowest BCUT2D eigenvalue weighted by Crippen LogP contribution is -2.47. The fraction of sp³-hybridized carbons (Fsp3) is 0.350. The lowest BCUT2D eigenvalue weighted by molar-refractivity contribution is -0.123. The van der Waals surface area contributed by atoms with E-state index in [4.69, 9.17) is 0 Å². The standard InChI is InChI=1S/C20H25FN2O3S2/c1-14-8-4-5-9-16(14)15(2)22-20(24)18(12-13-27-3)23-28(25,26)19-11-7-6-10-17(19)21/h4-11,15,18,23H,12-13H2,1-3H3,(H,22,24). The molecule has 0 aliphatic rings. The van der Waals surface area contributed by atoms with Gasteiger partial charge in [0.2, 0.25) is 15.9 Å². The molecule has 2 aromatic rings. The van der Waals surface area contributed by atoms with Crippen LogP contribution < -0.4 is 10.0 Å². The molecule has 1 amide bonds. The van der Waals surface area contributed by atoms with Gasteiger partial charge in [0.15, 0.2) is 0 Å². The highest BCUT2D eigenvalue weighted by atomic mass is 32.2. The number of thioether (sulfide) groups is 1. The molecule has 0 bridgehead atoms. The molecule has 2 aromatic carbocycles. The van der Waals surface area contributed by atoms with Gasteiger partial charge in [-0.25, -0.2) is 12.8 Å². The second-order valence-corrected chi connectivity index (χ2v) is 9.14. The first kappa shape index (κ1) is 22.4. The molecular formula is C20H25FN2O3S2. The van der Waals surface area contributed by atoms with Crippen LogP contribution in [-0.2, 0) is 14.8 Å². The Bertz CT molecular complexity index is 919. The molecule has 2 unspecified atom stereocenters. The van der Waals surface area contributed by atoms with Gasteiger partial charge < -0.3 is 5.32 Å². The van der Waals surface area contributed by atoms with E-state index in [0.717, 1.165) is 17.2 Å². The number of hydrogen-bond donors (Lipinski definition) is 2. The predicted octanol–water partition coefficient (Wildman–Crippen LogP) is 3.41. The lowest BCUT2D eigenvalue weighted by Gasteiger charge is -2.22. The van der Waals surface area contributed by atoms with Crippen molar-refractivity contribution in [2.24, 2.45) is 0 Å². The summed E-state index contributed by atoms with van der Waals surface area (Å²) >= 11 is 1.50. The van der Waals surface area contributed by atoms with Crippen molar-refractivity contribution in [3.63, 3.8) is 0 Å². The molecule has 0 saturated carbocycles. The molecule has 2 rings (SSSR count). The maximum atomic E-state index is 13.9. The normalized spacial score (nSPS) is 13.7. The van der Waals surface area contributed by atoms with Gasteiger partial charge >= 0.3 is 0 Å². The van der Waals surface area contributed by atoms with Crippen LogP contribution in [0, 0.1) is 12.7 Å². The lowest BCUT2D eigenvalue weighted by atomic mass is 10.0. The molecule has 0 fully saturated rings. The molecule has 0 aromatic heterocycles. The quantitative estimate of drug-likeness (QED) is 0.647. The molecule has 0 aliphatic carbocycles. The van der Waals surface area contributed by atoms with Gasteiger partial charge in [0.1, 0.15) is 16.8 Å². The van der Waals surface area contributed by atoms with Crippen LogP contribution in [0.25, 0.3) is 0 Å². The van der Waals surface area contributed by atoms with Gasteiger partial charge in [0.05, 0.1) is 6.04 Å². The van der Waals surface area contributed by atoms with E-state index in [2.05, 4.69) is 10.0 Å². The average molecular weight is 425 g/mol. The van der Waals surface area contributed by atoms with E-state index in [0.29, 0.717) is 12.2 Å². The number of carbonyl (C=O) groups is 1. The molecular weight excluding hydrogens is 399 g/mol. The Morgan fingerprint density at radius 1 is 1.14 bits per heavy atom. The maximum absolute atomic E-state index is 13.9. The SMILES string of the molecule is CSCCC(NS(=O)(=O)c1ccccc1F)C(=O)NC(C)c1ccccc1C. The Hall–Kier alpha value is -1.90. The molecule has 5 nitrogen and oxygen atoms in total. The second kappa shape index (κ2) is 10.0. The van der Waals surface area contributed by atoms with Crippen LogP contribution in [0.2, 0.25) is 0 Å². The van der Waals surface area contributed by atoms with Crippen molar-refractivity contribution in [2.75, 3.05) is 12.0 Å². The van der Waals surface area contributed by atoms with Crippen LogP contribution in [0.15, 0.2) is 53.4 Å². The topological polar surface area (TPSA) is 75.3 Å². The highest BCUT2D eigenvalue weighted by Crippen LogP contribution is 2.18. The third-order valence-electron chi connectivity index (χ3n) is 4.36. The van der Waals surface area contributed by atoms with Gasteiger partial charge in [-0.1, -0.05) is 36.4 Å². The Morgan fingerprint density at radius 2 is 1.79 bits per heavy atom. The molecule has 0 radical (unpaired) electrons. The zero-order valence-corrected chi connectivity index (χ0v) is 17.7. The van der Waals surface area contributed by atoms with Crippen LogP contribution in [-0.4, -0.2) is 32.4 Å². The summed E-state index contributed by atoms with van der Waals surface area (Å²) in [4.78, 5) is 12.3. The van der Waals surface area contributed by atoms with Gasteiger partial charge in [-0.15, -0.1) is 0 Å². The van der Waals surface area contributed by atoms with E-state index >= 15 is 0 Å². The summed E-state index contributed by atoms with van der Waals surface area (Å²) in [7, 11) is -4.17. The minimum Gasteiger partial charge on any atom is -0.348 e. The Balaban J connectivity index is 2.19. The number of benzene rings is 2. The number of amides is 1. The first-order valence-corrected chi connectivity index (χ1v) is 11.8. The van der Waals surface area contributed by atoms with Crippen LogP contribution >= 0.6 is 11.8 Å². The highest BCUT2D eigenvalue weighted by molar-refractivity contribution is 7.98. The highest BCUT2D eigenvalue weighted by Gasteiger charge is 2.28. The first-order chi connectivity index (χ1) is 13.3. The summed E-state index contributed by atoms with van der Waals surface area (Å²) in [5.41, 5.74) is 1.99. The fourth-order valence-electron chi connectivity index (χ4n) is 2.86. The first-order valence-electron chi connectivity index (χ1n) is 8.88. The number of hydrogen-bond acceptors (Lipinski definition) is 4. The van der Waals surface area contributed by atoms with Crippen molar-refractivity contribution in [1.82, 2.24) is 10.0 Å².